The lowest BCUT2D eigenvalue weighted by Gasteiger charge is -2.38. The van der Waals surface area contributed by atoms with Gasteiger partial charge in [0.2, 0.25) is 11.8 Å². The number of carbonyl (C=O) groups excluding carboxylic acids is 3. The van der Waals surface area contributed by atoms with Crippen LogP contribution in [0.4, 0.5) is 0 Å². The minimum absolute atomic E-state index is 0.0112. The van der Waals surface area contributed by atoms with Crippen molar-refractivity contribution < 1.29 is 14.4 Å². The molecule has 3 aliphatic rings. The number of rotatable bonds is 4. The minimum atomic E-state index is -0.451. The monoisotopic (exact) mass is 364 g/mol. The molecule has 2 atom stereocenters. The van der Waals surface area contributed by atoms with E-state index in [1.807, 2.05) is 9.80 Å². The number of hydrogen-bond donors (Lipinski definition) is 0. The Kier molecular flexibility index (Phi) is 6.29. The summed E-state index contributed by atoms with van der Waals surface area (Å²) < 4.78 is 0. The van der Waals surface area contributed by atoms with Gasteiger partial charge in [-0.05, 0) is 13.1 Å². The standard InChI is InChI=1S/C19H32N4O3/c1-3-20-5-9-22(10-6-20)18(25)16-13-15(24)14-17(16)19(26)23-11-7-21(4-2)8-12-23/h16-17H,3-14H2,1-2H3/t16-,17-/m1/s1. The fraction of sp³-hybridized carbons (Fsp3) is 0.842. The molecule has 3 fully saturated rings. The van der Waals surface area contributed by atoms with E-state index in [4.69, 9.17) is 0 Å². The van der Waals surface area contributed by atoms with Crippen LogP contribution < -0.4 is 0 Å². The zero-order valence-corrected chi connectivity index (χ0v) is 16.2. The quantitative estimate of drug-likeness (QED) is 0.698. The van der Waals surface area contributed by atoms with Gasteiger partial charge in [-0.3, -0.25) is 14.4 Å². The molecule has 0 aromatic heterocycles. The molecule has 1 saturated carbocycles. The second kappa shape index (κ2) is 8.48. The first kappa shape index (κ1) is 19.3. The highest BCUT2D eigenvalue weighted by atomic mass is 16.2. The Morgan fingerprint density at radius 3 is 1.38 bits per heavy atom. The van der Waals surface area contributed by atoms with Gasteiger partial charge in [-0.15, -0.1) is 0 Å². The van der Waals surface area contributed by atoms with Gasteiger partial charge >= 0.3 is 0 Å². The number of carbonyl (C=O) groups is 3. The number of nitrogens with zero attached hydrogens (tertiary/aromatic N) is 4. The Bertz CT molecular complexity index is 491. The molecule has 26 heavy (non-hydrogen) atoms. The maximum atomic E-state index is 13.0. The van der Waals surface area contributed by atoms with Crippen LogP contribution in [-0.2, 0) is 14.4 Å². The molecule has 7 heteroatoms. The Morgan fingerprint density at radius 1 is 0.731 bits per heavy atom. The summed E-state index contributed by atoms with van der Waals surface area (Å²) in [7, 11) is 0. The van der Waals surface area contributed by atoms with Crippen molar-refractivity contribution in [3.05, 3.63) is 0 Å². The molecule has 2 heterocycles. The third-order valence-corrected chi connectivity index (χ3v) is 6.28. The number of likely N-dealkylation sites (N-methyl/N-ethyl adjacent to an activating group) is 2. The largest absolute Gasteiger partial charge is 0.340 e. The van der Waals surface area contributed by atoms with Crippen LogP contribution >= 0.6 is 0 Å². The van der Waals surface area contributed by atoms with Crippen LogP contribution in [0.25, 0.3) is 0 Å². The van der Waals surface area contributed by atoms with Crippen molar-refractivity contribution in [1.82, 2.24) is 19.6 Å². The highest BCUT2D eigenvalue weighted by molar-refractivity contribution is 5.98. The average Bonchev–Trinajstić information content (AvgIpc) is 3.08. The molecule has 7 nitrogen and oxygen atoms in total. The van der Waals surface area contributed by atoms with Crippen molar-refractivity contribution in [1.29, 1.82) is 0 Å². The van der Waals surface area contributed by atoms with Gasteiger partial charge in [0, 0.05) is 65.2 Å². The Morgan fingerprint density at radius 2 is 1.08 bits per heavy atom. The van der Waals surface area contributed by atoms with E-state index in [9.17, 15) is 14.4 Å². The molecule has 1 aliphatic carbocycles. The first-order chi connectivity index (χ1) is 12.5. The van der Waals surface area contributed by atoms with E-state index < -0.39 is 11.8 Å². The van der Waals surface area contributed by atoms with E-state index in [1.165, 1.54) is 0 Å². The fourth-order valence-corrected chi connectivity index (χ4v) is 4.42. The molecule has 0 N–H and O–H groups in total. The maximum Gasteiger partial charge on any atom is 0.227 e. The van der Waals surface area contributed by atoms with Crippen LogP contribution in [-0.4, -0.2) is 103 Å². The number of hydrogen-bond acceptors (Lipinski definition) is 5. The van der Waals surface area contributed by atoms with E-state index >= 15 is 0 Å². The lowest BCUT2D eigenvalue weighted by atomic mass is 9.92. The predicted octanol–water partition coefficient (Wildman–Crippen LogP) is -0.0901. The first-order valence-electron chi connectivity index (χ1n) is 10.1. The van der Waals surface area contributed by atoms with Crippen LogP contribution in [0.3, 0.4) is 0 Å². The molecular formula is C19H32N4O3. The van der Waals surface area contributed by atoms with Gasteiger partial charge in [0.25, 0.3) is 0 Å². The van der Waals surface area contributed by atoms with Crippen LogP contribution in [0.5, 0.6) is 0 Å². The zero-order chi connectivity index (χ0) is 18.7. The Hall–Kier alpha value is -1.47. The summed E-state index contributed by atoms with van der Waals surface area (Å²) in [4.78, 5) is 46.5. The minimum Gasteiger partial charge on any atom is -0.340 e. The number of amides is 2. The molecular weight excluding hydrogens is 332 g/mol. The van der Waals surface area contributed by atoms with Crippen molar-refractivity contribution in [2.45, 2.75) is 26.7 Å². The van der Waals surface area contributed by atoms with Gasteiger partial charge in [-0.25, -0.2) is 0 Å². The van der Waals surface area contributed by atoms with Gasteiger partial charge in [-0.1, -0.05) is 13.8 Å². The number of ketones is 1. The highest BCUT2D eigenvalue weighted by Crippen LogP contribution is 2.33. The summed E-state index contributed by atoms with van der Waals surface area (Å²) in [5.41, 5.74) is 0. The van der Waals surface area contributed by atoms with Crippen molar-refractivity contribution in [2.24, 2.45) is 11.8 Å². The second-order valence-corrected chi connectivity index (χ2v) is 7.68. The molecule has 146 valence electrons. The summed E-state index contributed by atoms with van der Waals surface area (Å²) in [6.07, 6.45) is 0.469. The normalized spacial score (nSPS) is 28.6. The smallest absolute Gasteiger partial charge is 0.227 e. The molecule has 0 radical (unpaired) electrons. The Balaban J connectivity index is 1.62. The van der Waals surface area contributed by atoms with Crippen molar-refractivity contribution in [3.8, 4) is 0 Å². The first-order valence-corrected chi connectivity index (χ1v) is 10.1. The SMILES string of the molecule is CCN1CCN(C(=O)[C@@H]2CC(=O)C[C@H]2C(=O)N2CCN(CC)CC2)CC1. The molecule has 0 spiro atoms. The van der Waals surface area contributed by atoms with E-state index in [-0.39, 0.29) is 30.4 Å². The molecule has 0 aromatic carbocycles. The summed E-state index contributed by atoms with van der Waals surface area (Å²) >= 11 is 0. The highest BCUT2D eigenvalue weighted by Gasteiger charge is 2.45. The van der Waals surface area contributed by atoms with E-state index in [1.54, 1.807) is 0 Å². The van der Waals surface area contributed by atoms with Gasteiger partial charge in [0.1, 0.15) is 5.78 Å². The maximum absolute atomic E-state index is 13.0. The van der Waals surface area contributed by atoms with E-state index in [0.717, 1.165) is 39.3 Å². The molecule has 0 aromatic rings. The number of piperazine rings is 2. The lowest BCUT2D eigenvalue weighted by molar-refractivity contribution is -0.147. The van der Waals surface area contributed by atoms with Crippen LogP contribution in [0.15, 0.2) is 0 Å². The topological polar surface area (TPSA) is 64.2 Å². The summed E-state index contributed by atoms with van der Waals surface area (Å²) in [6, 6.07) is 0. The summed E-state index contributed by atoms with van der Waals surface area (Å²) in [5.74, 6) is -0.824. The Labute approximate surface area is 156 Å². The summed E-state index contributed by atoms with van der Waals surface area (Å²) in [6.45, 7) is 12.5. The summed E-state index contributed by atoms with van der Waals surface area (Å²) in [5, 5.41) is 0. The van der Waals surface area contributed by atoms with E-state index in [0.29, 0.717) is 26.2 Å². The molecule has 2 aliphatic heterocycles. The molecule has 3 rings (SSSR count). The third-order valence-electron chi connectivity index (χ3n) is 6.28. The van der Waals surface area contributed by atoms with Crippen LogP contribution in [0.2, 0.25) is 0 Å². The lowest BCUT2D eigenvalue weighted by Crippen LogP contribution is -2.53. The fourth-order valence-electron chi connectivity index (χ4n) is 4.42. The third kappa shape index (κ3) is 4.09. The van der Waals surface area contributed by atoms with Crippen LogP contribution in [0, 0.1) is 11.8 Å². The molecule has 2 amide bonds. The average molecular weight is 364 g/mol. The predicted molar refractivity (Wildman–Crippen MR) is 98.6 cm³/mol. The van der Waals surface area contributed by atoms with Crippen molar-refractivity contribution in [2.75, 3.05) is 65.4 Å². The van der Waals surface area contributed by atoms with Gasteiger partial charge in [0.15, 0.2) is 0 Å². The zero-order valence-electron chi connectivity index (χ0n) is 16.2. The van der Waals surface area contributed by atoms with Gasteiger partial charge in [-0.2, -0.15) is 0 Å². The molecule has 0 bridgehead atoms. The second-order valence-electron chi connectivity index (χ2n) is 7.68. The van der Waals surface area contributed by atoms with E-state index in [2.05, 4.69) is 23.6 Å². The molecule has 0 unspecified atom stereocenters. The number of Topliss-reactive ketones (excluding diaryl/α,β-unsaturated/α-hetero) is 1. The van der Waals surface area contributed by atoms with Crippen molar-refractivity contribution in [3.63, 3.8) is 0 Å². The van der Waals surface area contributed by atoms with Gasteiger partial charge in [0.05, 0.1) is 11.8 Å². The van der Waals surface area contributed by atoms with Crippen molar-refractivity contribution >= 4 is 17.6 Å². The molecule has 2 saturated heterocycles. The van der Waals surface area contributed by atoms with Crippen LogP contribution in [0.1, 0.15) is 26.7 Å². The van der Waals surface area contributed by atoms with Gasteiger partial charge < -0.3 is 19.6 Å².